The van der Waals surface area contributed by atoms with Crippen LogP contribution in [0.5, 0.6) is 0 Å². The van der Waals surface area contributed by atoms with Crippen LogP contribution in [0.25, 0.3) is 10.2 Å². The van der Waals surface area contributed by atoms with Crippen LogP contribution in [0.15, 0.2) is 35.7 Å². The van der Waals surface area contributed by atoms with Gasteiger partial charge in [0, 0.05) is 21.1 Å². The lowest BCUT2D eigenvalue weighted by Crippen LogP contribution is -2.11. The van der Waals surface area contributed by atoms with Crippen molar-refractivity contribution in [3.05, 3.63) is 35.7 Å². The Hall–Kier alpha value is -2.34. The number of nitrogens with one attached hydrogen (secondary N) is 2. The van der Waals surface area contributed by atoms with Gasteiger partial charge in [-0.3, -0.25) is 0 Å². The third-order valence-electron chi connectivity index (χ3n) is 3.19. The van der Waals surface area contributed by atoms with Crippen molar-refractivity contribution in [3.8, 4) is 0 Å². The van der Waals surface area contributed by atoms with Crippen molar-refractivity contribution in [1.29, 1.82) is 0 Å². The number of rotatable bonds is 4. The average molecular weight is 299 g/mol. The fourth-order valence-electron chi connectivity index (χ4n) is 2.16. The maximum atomic E-state index is 4.54. The van der Waals surface area contributed by atoms with Crippen LogP contribution in [0, 0.1) is 0 Å². The molecular formula is C15H17N5S. The topological polar surface area (TPSA) is 53.1 Å². The van der Waals surface area contributed by atoms with Crippen LogP contribution in [0.2, 0.25) is 0 Å². The Kier molecular flexibility index (Phi) is 3.62. The van der Waals surface area contributed by atoms with Crippen LogP contribution < -0.4 is 15.5 Å². The molecular weight excluding hydrogens is 282 g/mol. The van der Waals surface area contributed by atoms with E-state index in [4.69, 9.17) is 0 Å². The van der Waals surface area contributed by atoms with Crippen molar-refractivity contribution in [1.82, 2.24) is 9.97 Å². The fraction of sp³-hybridized carbons (Fsp3) is 0.200. The molecule has 6 heteroatoms. The van der Waals surface area contributed by atoms with Crippen LogP contribution in [-0.2, 0) is 0 Å². The van der Waals surface area contributed by atoms with Gasteiger partial charge in [-0.2, -0.15) is 4.98 Å². The summed E-state index contributed by atoms with van der Waals surface area (Å²) in [4.78, 5) is 12.0. The highest BCUT2D eigenvalue weighted by Crippen LogP contribution is 2.32. The second kappa shape index (κ2) is 5.57. The molecule has 21 heavy (non-hydrogen) atoms. The predicted molar refractivity (Wildman–Crippen MR) is 91.0 cm³/mol. The normalized spacial score (nSPS) is 10.6. The molecule has 0 radical (unpaired) electrons. The van der Waals surface area contributed by atoms with Crippen molar-refractivity contribution in [2.45, 2.75) is 0 Å². The summed E-state index contributed by atoms with van der Waals surface area (Å²) in [7, 11) is 5.88. The Labute approximate surface area is 127 Å². The summed E-state index contributed by atoms with van der Waals surface area (Å²) in [6.07, 6.45) is 0. The molecule has 3 aromatic rings. The smallest absolute Gasteiger partial charge is 0.225 e. The first-order valence-corrected chi connectivity index (χ1v) is 7.53. The van der Waals surface area contributed by atoms with Crippen molar-refractivity contribution >= 4 is 44.7 Å². The molecule has 2 aromatic heterocycles. The summed E-state index contributed by atoms with van der Waals surface area (Å²) in [6.45, 7) is 0. The highest BCUT2D eigenvalue weighted by atomic mass is 32.1. The van der Waals surface area contributed by atoms with Gasteiger partial charge in [-0.25, -0.2) is 4.98 Å². The largest absolute Gasteiger partial charge is 0.376 e. The Morgan fingerprint density at radius 1 is 1.10 bits per heavy atom. The molecule has 0 spiro atoms. The molecule has 2 N–H and O–H groups in total. The van der Waals surface area contributed by atoms with Gasteiger partial charge in [0.2, 0.25) is 5.95 Å². The SMILES string of the molecule is CNc1nc(Nc2ccccc2N(C)C)c2ccsc2n1. The van der Waals surface area contributed by atoms with E-state index < -0.39 is 0 Å². The van der Waals surface area contributed by atoms with Gasteiger partial charge in [0.1, 0.15) is 10.6 Å². The number of thiophene rings is 1. The zero-order valence-electron chi connectivity index (χ0n) is 12.2. The van der Waals surface area contributed by atoms with Gasteiger partial charge < -0.3 is 15.5 Å². The molecule has 0 fully saturated rings. The Balaban J connectivity index is 2.07. The quantitative estimate of drug-likeness (QED) is 0.771. The second-order valence-corrected chi connectivity index (χ2v) is 5.72. The minimum Gasteiger partial charge on any atom is -0.376 e. The third-order valence-corrected chi connectivity index (χ3v) is 3.99. The molecule has 0 amide bonds. The second-order valence-electron chi connectivity index (χ2n) is 4.82. The highest BCUT2D eigenvalue weighted by molar-refractivity contribution is 7.16. The van der Waals surface area contributed by atoms with Crippen molar-refractivity contribution in [3.63, 3.8) is 0 Å². The molecule has 0 unspecified atom stereocenters. The van der Waals surface area contributed by atoms with E-state index >= 15 is 0 Å². The molecule has 5 nitrogen and oxygen atoms in total. The van der Waals surface area contributed by atoms with Gasteiger partial charge in [0.25, 0.3) is 0 Å². The predicted octanol–water partition coefficient (Wildman–Crippen LogP) is 3.54. The van der Waals surface area contributed by atoms with Gasteiger partial charge in [0.05, 0.1) is 16.8 Å². The van der Waals surface area contributed by atoms with E-state index in [0.717, 1.165) is 27.4 Å². The summed E-state index contributed by atoms with van der Waals surface area (Å²) in [6, 6.07) is 10.2. The van der Waals surface area contributed by atoms with E-state index in [-0.39, 0.29) is 0 Å². The molecule has 108 valence electrons. The number of para-hydroxylation sites is 2. The van der Waals surface area contributed by atoms with E-state index in [9.17, 15) is 0 Å². The lowest BCUT2D eigenvalue weighted by Gasteiger charge is -2.18. The van der Waals surface area contributed by atoms with Crippen LogP contribution in [0.1, 0.15) is 0 Å². The minimum absolute atomic E-state index is 0.620. The van der Waals surface area contributed by atoms with Crippen LogP contribution in [-0.4, -0.2) is 31.1 Å². The average Bonchev–Trinajstić information content (AvgIpc) is 2.96. The molecule has 0 aliphatic heterocycles. The van der Waals surface area contributed by atoms with E-state index in [2.05, 4.69) is 37.6 Å². The summed E-state index contributed by atoms with van der Waals surface area (Å²) >= 11 is 1.61. The number of fused-ring (bicyclic) bond motifs is 1. The number of hydrogen-bond acceptors (Lipinski definition) is 6. The first kappa shape index (κ1) is 13.6. The minimum atomic E-state index is 0.620. The molecule has 0 saturated heterocycles. The van der Waals surface area contributed by atoms with E-state index in [1.807, 2.05) is 44.7 Å². The summed E-state index contributed by atoms with van der Waals surface area (Å²) in [5.74, 6) is 1.44. The van der Waals surface area contributed by atoms with Gasteiger partial charge >= 0.3 is 0 Å². The molecule has 1 aromatic carbocycles. The first-order chi connectivity index (χ1) is 10.2. The number of nitrogens with zero attached hydrogens (tertiary/aromatic N) is 3. The van der Waals surface area contributed by atoms with Crippen LogP contribution in [0.3, 0.4) is 0 Å². The highest BCUT2D eigenvalue weighted by Gasteiger charge is 2.11. The Bertz CT molecular complexity index is 766. The Morgan fingerprint density at radius 3 is 2.67 bits per heavy atom. The fourth-order valence-corrected chi connectivity index (χ4v) is 2.92. The van der Waals surface area contributed by atoms with Crippen molar-refractivity contribution < 1.29 is 0 Å². The third kappa shape index (κ3) is 2.62. The maximum Gasteiger partial charge on any atom is 0.225 e. The molecule has 3 rings (SSSR count). The standard InChI is InChI=1S/C15H17N5S/c1-16-15-18-13(10-8-9-21-14(10)19-15)17-11-6-4-5-7-12(11)20(2)3/h4-9H,1-3H3,(H2,16,17,18,19). The summed E-state index contributed by atoms with van der Waals surface area (Å²) in [5.41, 5.74) is 2.14. The monoisotopic (exact) mass is 299 g/mol. The van der Waals surface area contributed by atoms with Crippen molar-refractivity contribution in [2.24, 2.45) is 0 Å². The maximum absolute atomic E-state index is 4.54. The first-order valence-electron chi connectivity index (χ1n) is 6.65. The molecule has 0 aliphatic carbocycles. The molecule has 2 heterocycles. The Morgan fingerprint density at radius 2 is 1.90 bits per heavy atom. The zero-order valence-corrected chi connectivity index (χ0v) is 13.0. The number of hydrogen-bond donors (Lipinski definition) is 2. The summed E-state index contributed by atoms with van der Waals surface area (Å²) in [5, 5.41) is 9.50. The van der Waals surface area contributed by atoms with E-state index in [1.54, 1.807) is 11.3 Å². The summed E-state index contributed by atoms with van der Waals surface area (Å²) < 4.78 is 0. The van der Waals surface area contributed by atoms with Crippen LogP contribution in [0.4, 0.5) is 23.1 Å². The lowest BCUT2D eigenvalue weighted by molar-refractivity contribution is 1.13. The molecule has 0 bridgehead atoms. The van der Waals surface area contributed by atoms with Gasteiger partial charge in [-0.15, -0.1) is 11.3 Å². The van der Waals surface area contributed by atoms with Gasteiger partial charge in [-0.05, 0) is 23.6 Å². The number of anilines is 4. The van der Waals surface area contributed by atoms with E-state index in [0.29, 0.717) is 5.95 Å². The lowest BCUT2D eigenvalue weighted by atomic mass is 10.2. The molecule has 0 saturated carbocycles. The van der Waals surface area contributed by atoms with Gasteiger partial charge in [0.15, 0.2) is 0 Å². The molecule has 0 aliphatic rings. The van der Waals surface area contributed by atoms with Gasteiger partial charge in [-0.1, -0.05) is 12.1 Å². The van der Waals surface area contributed by atoms with Crippen LogP contribution >= 0.6 is 11.3 Å². The number of aromatic nitrogens is 2. The molecule has 0 atom stereocenters. The number of benzene rings is 1. The van der Waals surface area contributed by atoms with E-state index in [1.165, 1.54) is 0 Å². The zero-order chi connectivity index (χ0) is 14.8. The van der Waals surface area contributed by atoms with Crippen molar-refractivity contribution in [2.75, 3.05) is 36.7 Å².